The van der Waals surface area contributed by atoms with E-state index in [1.165, 1.54) is 17.3 Å². The molecule has 3 heterocycles. The van der Waals surface area contributed by atoms with Gasteiger partial charge in [-0.25, -0.2) is 15.0 Å². The third kappa shape index (κ3) is 3.08. The summed E-state index contributed by atoms with van der Waals surface area (Å²) in [6.45, 7) is 7.96. The highest BCUT2D eigenvalue weighted by atomic mass is 35.5. The van der Waals surface area contributed by atoms with Crippen LogP contribution in [0.5, 0.6) is 0 Å². The summed E-state index contributed by atoms with van der Waals surface area (Å²) >= 11 is 12.1. The van der Waals surface area contributed by atoms with Gasteiger partial charge in [-0.1, -0.05) is 50.9 Å². The molecule has 1 aliphatic heterocycles. The van der Waals surface area contributed by atoms with Crippen LogP contribution in [0.2, 0.25) is 10.2 Å². The molecule has 0 spiro atoms. The minimum atomic E-state index is -0.381. The summed E-state index contributed by atoms with van der Waals surface area (Å²) in [7, 11) is 0. The van der Waals surface area contributed by atoms with Gasteiger partial charge in [-0.2, -0.15) is 0 Å². The van der Waals surface area contributed by atoms with E-state index in [4.69, 9.17) is 23.2 Å². The Morgan fingerprint density at radius 3 is 2.15 bits per heavy atom. The van der Waals surface area contributed by atoms with Gasteiger partial charge in [0, 0.05) is 0 Å². The first-order valence-corrected chi connectivity index (χ1v) is 9.04. The van der Waals surface area contributed by atoms with Crippen molar-refractivity contribution in [2.75, 3.05) is 4.90 Å². The highest BCUT2D eigenvalue weighted by Crippen LogP contribution is 2.42. The number of fused-ring (bicyclic) bond motifs is 1. The predicted octanol–water partition coefficient (Wildman–Crippen LogP) is 4.68. The molecule has 8 heteroatoms. The Hall–Kier alpha value is -2.05. The van der Waals surface area contributed by atoms with Crippen LogP contribution >= 0.6 is 23.2 Å². The third-order valence-electron chi connectivity index (χ3n) is 4.18. The highest BCUT2D eigenvalue weighted by Gasteiger charge is 2.36. The molecular formula is C18H18Cl2N4O2. The molecule has 0 saturated heterocycles. The number of carbonyl (C=O) groups is 2. The summed E-state index contributed by atoms with van der Waals surface area (Å²) in [4.78, 5) is 39.5. The number of hydrogen-bond acceptors (Lipinski definition) is 5. The topological polar surface area (TPSA) is 76.1 Å². The molecule has 6 nitrogen and oxygen atoms in total. The van der Waals surface area contributed by atoms with E-state index in [1.54, 1.807) is 0 Å². The molecule has 1 amide bonds. The van der Waals surface area contributed by atoms with E-state index in [9.17, 15) is 9.59 Å². The average Bonchev–Trinajstić information content (AvgIpc) is 2.56. The largest absolute Gasteiger partial charge is 0.292 e. The van der Waals surface area contributed by atoms with E-state index in [0.717, 1.165) is 11.4 Å². The standard InChI is InChI=1S/C18H18Cl2N4O2/c1-8(2)14-17(15(9(3)4)22-7-21-14)24-11-5-10(19)18(20)23-16(11)12(25)6-13(24)26/h5,7-9H,6H2,1-4H3. The maximum atomic E-state index is 12.9. The third-order valence-corrected chi connectivity index (χ3v) is 4.85. The van der Waals surface area contributed by atoms with Gasteiger partial charge in [-0.3, -0.25) is 14.5 Å². The van der Waals surface area contributed by atoms with Crippen molar-refractivity contribution < 1.29 is 9.59 Å². The molecule has 0 atom stereocenters. The number of anilines is 2. The van der Waals surface area contributed by atoms with Crippen LogP contribution in [-0.4, -0.2) is 26.6 Å². The quantitative estimate of drug-likeness (QED) is 0.559. The molecule has 0 unspecified atom stereocenters. The maximum absolute atomic E-state index is 12.9. The number of aromatic nitrogens is 3. The van der Waals surface area contributed by atoms with E-state index in [0.29, 0.717) is 11.4 Å². The fraction of sp³-hybridized carbons (Fsp3) is 0.389. The Morgan fingerprint density at radius 1 is 1.04 bits per heavy atom. The van der Waals surface area contributed by atoms with E-state index >= 15 is 0 Å². The van der Waals surface area contributed by atoms with Crippen LogP contribution in [0.25, 0.3) is 0 Å². The first kappa shape index (κ1) is 18.7. The average molecular weight is 393 g/mol. The van der Waals surface area contributed by atoms with Gasteiger partial charge in [-0.15, -0.1) is 0 Å². The molecule has 3 rings (SSSR count). The van der Waals surface area contributed by atoms with Crippen LogP contribution in [0.4, 0.5) is 11.4 Å². The molecule has 136 valence electrons. The van der Waals surface area contributed by atoms with Crippen molar-refractivity contribution >= 4 is 46.3 Å². The molecule has 0 fully saturated rings. The number of amides is 1. The lowest BCUT2D eigenvalue weighted by Gasteiger charge is -2.32. The predicted molar refractivity (Wildman–Crippen MR) is 101 cm³/mol. The van der Waals surface area contributed by atoms with E-state index < -0.39 is 0 Å². The Bertz CT molecular complexity index is 886. The molecule has 0 aliphatic carbocycles. The highest BCUT2D eigenvalue weighted by molar-refractivity contribution is 6.42. The van der Waals surface area contributed by atoms with Gasteiger partial charge in [0.15, 0.2) is 5.78 Å². The SMILES string of the molecule is CC(C)c1ncnc(C(C)C)c1N1C(=O)CC(=O)c2nc(Cl)c(Cl)cc21. The molecule has 1 aliphatic rings. The van der Waals surface area contributed by atoms with Crippen LogP contribution in [0.1, 0.15) is 67.8 Å². The van der Waals surface area contributed by atoms with Crippen LogP contribution in [-0.2, 0) is 4.79 Å². The van der Waals surface area contributed by atoms with Crippen molar-refractivity contribution in [3.8, 4) is 0 Å². The van der Waals surface area contributed by atoms with Crippen LogP contribution < -0.4 is 4.90 Å². The van der Waals surface area contributed by atoms with Crippen molar-refractivity contribution in [2.24, 2.45) is 0 Å². The molecule has 2 aromatic rings. The maximum Gasteiger partial charge on any atom is 0.239 e. The lowest BCUT2D eigenvalue weighted by Crippen LogP contribution is -2.36. The Labute approximate surface area is 161 Å². The summed E-state index contributed by atoms with van der Waals surface area (Å²) in [5, 5.41) is 0.206. The van der Waals surface area contributed by atoms with Gasteiger partial charge < -0.3 is 0 Å². The van der Waals surface area contributed by atoms with E-state index in [2.05, 4.69) is 15.0 Å². The van der Waals surface area contributed by atoms with Gasteiger partial charge in [0.05, 0.1) is 34.2 Å². The lowest BCUT2D eigenvalue weighted by atomic mass is 9.97. The van der Waals surface area contributed by atoms with Gasteiger partial charge in [-0.05, 0) is 17.9 Å². The number of halogens is 2. The van der Waals surface area contributed by atoms with Crippen molar-refractivity contribution in [2.45, 2.75) is 46.0 Å². The Kier molecular flexibility index (Phi) is 4.99. The van der Waals surface area contributed by atoms with Crippen molar-refractivity contribution in [3.63, 3.8) is 0 Å². The van der Waals surface area contributed by atoms with Crippen molar-refractivity contribution in [1.29, 1.82) is 0 Å². The van der Waals surface area contributed by atoms with Gasteiger partial charge in [0.2, 0.25) is 5.91 Å². The second kappa shape index (κ2) is 6.93. The fourth-order valence-electron chi connectivity index (χ4n) is 2.99. The molecule has 26 heavy (non-hydrogen) atoms. The first-order chi connectivity index (χ1) is 12.2. The van der Waals surface area contributed by atoms with Crippen LogP contribution in [0, 0.1) is 0 Å². The second-order valence-electron chi connectivity index (χ2n) is 6.76. The number of pyridine rings is 1. The monoisotopic (exact) mass is 392 g/mol. The number of carbonyl (C=O) groups excluding carboxylic acids is 2. The van der Waals surface area contributed by atoms with Gasteiger partial charge >= 0.3 is 0 Å². The summed E-state index contributed by atoms with van der Waals surface area (Å²) in [6, 6.07) is 1.50. The molecule has 2 aromatic heterocycles. The number of nitrogens with zero attached hydrogens (tertiary/aromatic N) is 4. The second-order valence-corrected chi connectivity index (χ2v) is 7.53. The summed E-state index contributed by atoms with van der Waals surface area (Å²) in [5.74, 6) is -0.639. The number of rotatable bonds is 3. The zero-order valence-corrected chi connectivity index (χ0v) is 16.4. The molecule has 0 radical (unpaired) electrons. The number of ketones is 1. The molecule has 0 aromatic carbocycles. The number of Topliss-reactive ketones (excluding diaryl/α,β-unsaturated/α-hetero) is 1. The summed E-state index contributed by atoms with van der Waals surface area (Å²) < 4.78 is 0. The smallest absolute Gasteiger partial charge is 0.239 e. The zero-order chi connectivity index (χ0) is 19.2. The molecular weight excluding hydrogens is 375 g/mol. The number of hydrogen-bond donors (Lipinski definition) is 0. The molecule has 0 saturated carbocycles. The van der Waals surface area contributed by atoms with Crippen LogP contribution in [0.3, 0.4) is 0 Å². The van der Waals surface area contributed by atoms with E-state index in [1.807, 2.05) is 27.7 Å². The minimum absolute atomic E-state index is 0.0329. The van der Waals surface area contributed by atoms with Gasteiger partial charge in [0.1, 0.15) is 17.2 Å². The summed E-state index contributed by atoms with van der Waals surface area (Å²) in [5.41, 5.74) is 2.50. The Balaban J connectivity index is 2.35. The zero-order valence-electron chi connectivity index (χ0n) is 14.9. The van der Waals surface area contributed by atoms with Crippen molar-refractivity contribution in [1.82, 2.24) is 15.0 Å². The summed E-state index contributed by atoms with van der Waals surface area (Å²) in [6.07, 6.45) is 1.21. The lowest BCUT2D eigenvalue weighted by molar-refractivity contribution is -0.117. The van der Waals surface area contributed by atoms with Gasteiger partial charge in [0.25, 0.3) is 0 Å². The molecule has 0 N–H and O–H groups in total. The Morgan fingerprint density at radius 2 is 1.62 bits per heavy atom. The normalized spacial score (nSPS) is 14.4. The van der Waals surface area contributed by atoms with Crippen molar-refractivity contribution in [3.05, 3.63) is 39.7 Å². The van der Waals surface area contributed by atoms with E-state index in [-0.39, 0.29) is 45.8 Å². The molecule has 0 bridgehead atoms. The van der Waals surface area contributed by atoms with Crippen LogP contribution in [0.15, 0.2) is 12.4 Å². The fourth-order valence-corrected chi connectivity index (χ4v) is 3.28. The first-order valence-electron chi connectivity index (χ1n) is 8.29. The minimum Gasteiger partial charge on any atom is -0.292 e.